The molecule has 0 saturated heterocycles. The monoisotopic (exact) mass is 1020 g/mol. The van der Waals surface area contributed by atoms with E-state index in [0.29, 0.717) is 65.5 Å². The SMILES string of the molecule is C.CCOc1cc(C(=O)N(C)Cc2cccc3cn[nH]c23)ccc1-c1cccc(C(=O)NC)c1.CCOc1cc(C(=O)N(C)Cc2cccc3cn[nH]c23)ccc1Br.CNC(=O)c1cccc(B(O)O)c1. The zero-order valence-corrected chi connectivity index (χ0v) is 41.2. The van der Waals surface area contributed by atoms with Gasteiger partial charge >= 0.3 is 7.12 Å². The molecule has 0 fully saturated rings. The van der Waals surface area contributed by atoms with Crippen molar-refractivity contribution in [3.05, 3.63) is 172 Å². The predicted octanol–water partition coefficient (Wildman–Crippen LogP) is 7.62. The molecule has 0 aliphatic rings. The Kier molecular flexibility index (Phi) is 19.6. The summed E-state index contributed by atoms with van der Waals surface area (Å²) in [6.45, 7) is 5.76. The van der Waals surface area contributed by atoms with Crippen LogP contribution in [0.3, 0.4) is 0 Å². The summed E-state index contributed by atoms with van der Waals surface area (Å²) in [7, 11) is 5.15. The van der Waals surface area contributed by atoms with E-state index in [4.69, 9.17) is 19.5 Å². The summed E-state index contributed by atoms with van der Waals surface area (Å²) in [5, 5.41) is 38.9. The molecule has 2 heterocycles. The molecule has 0 unspecified atom stereocenters. The Bertz CT molecular complexity index is 3100. The zero-order valence-electron chi connectivity index (χ0n) is 39.6. The third-order valence-corrected chi connectivity index (χ3v) is 11.6. The second kappa shape index (κ2) is 25.7. The fourth-order valence-electron chi connectivity index (χ4n) is 7.45. The number of fused-ring (bicyclic) bond motifs is 2. The number of rotatable bonds is 14. The van der Waals surface area contributed by atoms with Crippen LogP contribution < -0.4 is 25.6 Å². The summed E-state index contributed by atoms with van der Waals surface area (Å²) in [5.74, 6) is 0.699. The number of aromatic nitrogens is 4. The molecule has 16 nitrogen and oxygen atoms in total. The minimum atomic E-state index is -1.54. The Morgan fingerprint density at radius 1 is 0.620 bits per heavy atom. The minimum absolute atomic E-state index is 0. The molecule has 0 aliphatic heterocycles. The highest BCUT2D eigenvalue weighted by molar-refractivity contribution is 9.10. The largest absolute Gasteiger partial charge is 0.493 e. The van der Waals surface area contributed by atoms with E-state index >= 15 is 0 Å². The highest BCUT2D eigenvalue weighted by Gasteiger charge is 2.19. The third kappa shape index (κ3) is 13.7. The Balaban J connectivity index is 0.000000216. The van der Waals surface area contributed by atoms with Gasteiger partial charge in [0.15, 0.2) is 0 Å². The van der Waals surface area contributed by atoms with Crippen LogP contribution in [0.5, 0.6) is 11.5 Å². The molecule has 2 aromatic heterocycles. The van der Waals surface area contributed by atoms with Gasteiger partial charge < -0.3 is 40.0 Å². The lowest BCUT2D eigenvalue weighted by molar-refractivity contribution is 0.0778. The molecule has 18 heteroatoms. The molecule has 0 bridgehead atoms. The highest BCUT2D eigenvalue weighted by Crippen LogP contribution is 2.33. The number of nitrogens with zero attached hydrogens (tertiary/aromatic N) is 4. The molecule has 8 aromatic rings. The van der Waals surface area contributed by atoms with E-state index in [-0.39, 0.29) is 31.1 Å². The fourth-order valence-corrected chi connectivity index (χ4v) is 7.81. The maximum absolute atomic E-state index is 13.2. The number of H-pyrrole nitrogens is 2. The van der Waals surface area contributed by atoms with Gasteiger partial charge in [-0.25, -0.2) is 0 Å². The van der Waals surface area contributed by atoms with Crippen molar-refractivity contribution in [2.24, 2.45) is 0 Å². The number of carbonyl (C=O) groups is 4. The molecule has 6 N–H and O–H groups in total. The van der Waals surface area contributed by atoms with Crippen molar-refractivity contribution in [2.75, 3.05) is 41.4 Å². The number of amides is 4. The van der Waals surface area contributed by atoms with Crippen molar-refractivity contribution >= 4 is 73.9 Å². The second-order valence-corrected chi connectivity index (χ2v) is 16.6. The van der Waals surface area contributed by atoms with Gasteiger partial charge in [0, 0.05) is 79.9 Å². The average Bonchev–Trinajstić information content (AvgIpc) is 4.08. The molecular weight excluding hydrogens is 967 g/mol. The van der Waals surface area contributed by atoms with Crippen molar-refractivity contribution in [1.29, 1.82) is 0 Å². The number of hydrogen-bond donors (Lipinski definition) is 6. The number of carbonyl (C=O) groups excluding carboxylic acids is 4. The van der Waals surface area contributed by atoms with Crippen LogP contribution in [0.1, 0.15) is 73.8 Å². The summed E-state index contributed by atoms with van der Waals surface area (Å²) in [6.07, 6.45) is 3.55. The summed E-state index contributed by atoms with van der Waals surface area (Å²) in [4.78, 5) is 52.4. The molecule has 4 amide bonds. The van der Waals surface area contributed by atoms with Crippen LogP contribution in [0.4, 0.5) is 0 Å². The van der Waals surface area contributed by atoms with Crippen LogP contribution in [0.25, 0.3) is 32.9 Å². The number of ether oxygens (including phenoxy) is 2. The van der Waals surface area contributed by atoms with Gasteiger partial charge in [-0.2, -0.15) is 10.2 Å². The number of para-hydroxylation sites is 2. The zero-order chi connectivity index (χ0) is 50.3. The summed E-state index contributed by atoms with van der Waals surface area (Å²) < 4.78 is 12.3. The van der Waals surface area contributed by atoms with Crippen molar-refractivity contribution in [2.45, 2.75) is 34.4 Å². The normalized spacial score (nSPS) is 10.4. The lowest BCUT2D eigenvalue weighted by Gasteiger charge is -2.19. The number of aromatic amines is 2. The van der Waals surface area contributed by atoms with Gasteiger partial charge in [-0.15, -0.1) is 0 Å². The van der Waals surface area contributed by atoms with Gasteiger partial charge in [0.05, 0.1) is 41.1 Å². The van der Waals surface area contributed by atoms with E-state index in [1.54, 1.807) is 85.8 Å². The molecule has 0 atom stereocenters. The quantitative estimate of drug-likeness (QED) is 0.0586. The van der Waals surface area contributed by atoms with Gasteiger partial charge in [-0.05, 0) is 113 Å². The predicted molar refractivity (Wildman–Crippen MR) is 282 cm³/mol. The summed E-state index contributed by atoms with van der Waals surface area (Å²) in [5.41, 5.74) is 7.99. The first-order chi connectivity index (χ1) is 33.8. The van der Waals surface area contributed by atoms with E-state index < -0.39 is 7.12 Å². The standard InChI is InChI=1S/C26H26N4O3.C18H18BrN3O2.C8H10BNO3.CH4/c1-4-33-23-14-19(11-12-22(23)17-7-5-8-18(13-17)25(31)27-2)26(32)30(3)16-21-10-6-9-20-15-28-29-24(20)21;1-3-24-16-9-12(7-8-15(16)19)18(23)22(2)11-14-6-4-5-13-10-20-21-17(13)14;1-10-8(11)6-3-2-4-7(5-6)9(12)13;/h5-15H,4,16H2,1-3H3,(H,27,31)(H,28,29);4-10H,3,11H2,1-2H3,(H,20,21);2-5,12-13H,1H3,(H,10,11);1H4. The molecule has 0 aliphatic carbocycles. The number of halogens is 1. The third-order valence-electron chi connectivity index (χ3n) is 11.0. The fraction of sp³-hybridized carbons (Fsp3) is 0.208. The first-order valence-corrected chi connectivity index (χ1v) is 23.1. The smallest absolute Gasteiger partial charge is 0.488 e. The van der Waals surface area contributed by atoms with E-state index in [2.05, 4.69) is 47.0 Å². The lowest BCUT2D eigenvalue weighted by Crippen LogP contribution is -2.31. The average molecular weight is 1030 g/mol. The number of benzene rings is 6. The van der Waals surface area contributed by atoms with Crippen LogP contribution in [0.2, 0.25) is 0 Å². The maximum atomic E-state index is 13.2. The van der Waals surface area contributed by atoms with E-state index in [1.165, 1.54) is 19.2 Å². The summed E-state index contributed by atoms with van der Waals surface area (Å²) >= 11 is 3.43. The van der Waals surface area contributed by atoms with E-state index in [9.17, 15) is 19.2 Å². The van der Waals surface area contributed by atoms with Crippen molar-refractivity contribution in [3.8, 4) is 22.6 Å². The molecule has 0 radical (unpaired) electrons. The Labute approximate surface area is 421 Å². The minimum Gasteiger partial charge on any atom is -0.493 e. The van der Waals surface area contributed by atoms with Crippen molar-refractivity contribution < 1.29 is 38.7 Å². The maximum Gasteiger partial charge on any atom is 0.488 e. The van der Waals surface area contributed by atoms with Gasteiger partial charge in [-0.3, -0.25) is 29.4 Å². The molecule has 0 saturated carbocycles. The first kappa shape index (κ1) is 54.1. The van der Waals surface area contributed by atoms with E-state index in [0.717, 1.165) is 48.5 Å². The van der Waals surface area contributed by atoms with Crippen molar-refractivity contribution in [1.82, 2.24) is 40.8 Å². The number of hydrogen-bond acceptors (Lipinski definition) is 10. The Morgan fingerprint density at radius 3 is 1.62 bits per heavy atom. The number of nitrogens with one attached hydrogen (secondary N) is 4. The van der Waals surface area contributed by atoms with E-state index in [1.807, 2.05) is 80.6 Å². The molecule has 8 rings (SSSR count). The van der Waals surface area contributed by atoms with Crippen LogP contribution >= 0.6 is 15.9 Å². The molecule has 0 spiro atoms. The lowest BCUT2D eigenvalue weighted by atomic mass is 9.79. The van der Waals surface area contributed by atoms with Crippen LogP contribution in [-0.4, -0.2) is 112 Å². The molecule has 368 valence electrons. The van der Waals surface area contributed by atoms with Gasteiger partial charge in [0.2, 0.25) is 0 Å². The Hall–Kier alpha value is -7.80. The van der Waals surface area contributed by atoms with Crippen LogP contribution in [-0.2, 0) is 13.1 Å². The Morgan fingerprint density at radius 2 is 1.10 bits per heavy atom. The first-order valence-electron chi connectivity index (χ1n) is 22.3. The topological polar surface area (TPSA) is 215 Å². The van der Waals surface area contributed by atoms with Gasteiger partial charge in [0.25, 0.3) is 23.6 Å². The second-order valence-electron chi connectivity index (χ2n) is 15.8. The molecule has 6 aromatic carbocycles. The highest BCUT2D eigenvalue weighted by atomic mass is 79.9. The molecule has 71 heavy (non-hydrogen) atoms. The summed E-state index contributed by atoms with van der Waals surface area (Å²) in [6, 6.07) is 36.2. The van der Waals surface area contributed by atoms with Crippen LogP contribution in [0, 0.1) is 0 Å². The van der Waals surface area contributed by atoms with Crippen molar-refractivity contribution in [3.63, 3.8) is 0 Å². The van der Waals surface area contributed by atoms with Gasteiger partial charge in [0.1, 0.15) is 11.5 Å². The molecular formula is C53H58BBrN8O8. The van der Waals surface area contributed by atoms with Crippen LogP contribution in [0.15, 0.2) is 138 Å². The van der Waals surface area contributed by atoms with Gasteiger partial charge in [-0.1, -0.05) is 68.1 Å².